The first-order chi connectivity index (χ1) is 8.93. The van der Waals surface area contributed by atoms with Crippen LogP contribution in [0.4, 0.5) is 0 Å². The zero-order valence-corrected chi connectivity index (χ0v) is 18.6. The average molecular weight is 483 g/mol. The number of hydrogen-bond donors (Lipinski definition) is 0. The van der Waals surface area contributed by atoms with Crippen molar-refractivity contribution in [3.63, 3.8) is 0 Å². The predicted molar refractivity (Wildman–Crippen MR) is 107 cm³/mol. The normalized spacial score (nSPS) is 16.0. The van der Waals surface area contributed by atoms with Gasteiger partial charge >= 0.3 is 147 Å². The maximum absolute atomic E-state index is 4.42. The Balaban J connectivity index is 5.03. The third-order valence-electron chi connectivity index (χ3n) is 4.03. The molecule has 118 valence electrons. The summed E-state index contributed by atoms with van der Waals surface area (Å²) >= 11 is 11.9. The topological polar surface area (TPSA) is 0 Å². The van der Waals surface area contributed by atoms with Crippen LogP contribution in [0, 0.1) is 0 Å². The summed E-state index contributed by atoms with van der Waals surface area (Å²) in [5.41, 5.74) is 0. The van der Waals surface area contributed by atoms with Crippen molar-refractivity contribution in [1.29, 1.82) is 0 Å². The van der Waals surface area contributed by atoms with E-state index < -0.39 is 5.31 Å². The Morgan fingerprint density at radius 1 is 0.842 bits per heavy atom. The third kappa shape index (κ3) is 8.17. The van der Waals surface area contributed by atoms with Gasteiger partial charge in [0.2, 0.25) is 0 Å². The SMILES string of the molecule is CCCCP(Br)(CCCC)(CCCC)CC(Br)CBr. The molecule has 0 bridgehead atoms. The summed E-state index contributed by atoms with van der Waals surface area (Å²) in [6, 6.07) is 0. The van der Waals surface area contributed by atoms with E-state index >= 15 is 0 Å². The van der Waals surface area contributed by atoms with Gasteiger partial charge in [0.15, 0.2) is 0 Å². The Morgan fingerprint density at radius 2 is 1.21 bits per heavy atom. The summed E-state index contributed by atoms with van der Waals surface area (Å²) in [7, 11) is 0. The van der Waals surface area contributed by atoms with E-state index in [0.717, 1.165) is 5.33 Å². The molecule has 0 spiro atoms. The molecule has 0 radical (unpaired) electrons. The molecule has 0 aromatic heterocycles. The molecule has 0 aromatic rings. The zero-order valence-electron chi connectivity index (χ0n) is 12.9. The molecule has 0 nitrogen and oxygen atoms in total. The molecule has 0 fully saturated rings. The predicted octanol–water partition coefficient (Wildman–Crippen LogP) is 7.41. The van der Waals surface area contributed by atoms with Crippen LogP contribution in [0.25, 0.3) is 0 Å². The fraction of sp³-hybridized carbons (Fsp3) is 1.00. The van der Waals surface area contributed by atoms with Gasteiger partial charge in [-0.15, -0.1) is 0 Å². The fourth-order valence-electron chi connectivity index (χ4n) is 2.81. The maximum atomic E-state index is 4.42. The van der Waals surface area contributed by atoms with Crippen molar-refractivity contribution < 1.29 is 0 Å². The molecule has 0 heterocycles. The van der Waals surface area contributed by atoms with Gasteiger partial charge in [-0.1, -0.05) is 0 Å². The van der Waals surface area contributed by atoms with Crippen LogP contribution in [0.15, 0.2) is 0 Å². The monoisotopic (exact) mass is 480 g/mol. The second-order valence-electron chi connectivity index (χ2n) is 5.99. The molecular weight excluding hydrogens is 451 g/mol. The van der Waals surface area contributed by atoms with E-state index in [4.69, 9.17) is 0 Å². The second-order valence-corrected chi connectivity index (χ2v) is 19.3. The van der Waals surface area contributed by atoms with Crippen molar-refractivity contribution in [2.45, 2.75) is 64.1 Å². The van der Waals surface area contributed by atoms with E-state index in [1.54, 1.807) is 0 Å². The number of halogens is 3. The number of unbranched alkanes of at least 4 members (excludes halogenated alkanes) is 3. The van der Waals surface area contributed by atoms with Crippen LogP contribution in [0.2, 0.25) is 0 Å². The molecule has 0 aliphatic heterocycles. The van der Waals surface area contributed by atoms with Gasteiger partial charge in [-0.05, 0) is 0 Å². The molecule has 0 aliphatic carbocycles. The van der Waals surface area contributed by atoms with Crippen LogP contribution in [0.1, 0.15) is 59.3 Å². The van der Waals surface area contributed by atoms with Gasteiger partial charge in [0.1, 0.15) is 0 Å². The molecule has 4 heteroatoms. The molecule has 0 amide bonds. The molecule has 0 aliphatic rings. The summed E-state index contributed by atoms with van der Waals surface area (Å²) in [4.78, 5) is 0.620. The van der Waals surface area contributed by atoms with Gasteiger partial charge in [-0.2, -0.15) is 0 Å². The van der Waals surface area contributed by atoms with Gasteiger partial charge in [0, 0.05) is 0 Å². The number of hydrogen-bond acceptors (Lipinski definition) is 0. The van der Waals surface area contributed by atoms with Crippen molar-refractivity contribution in [1.82, 2.24) is 0 Å². The van der Waals surface area contributed by atoms with E-state index in [0.29, 0.717) is 4.83 Å². The quantitative estimate of drug-likeness (QED) is 0.201. The molecule has 1 atom stereocenters. The van der Waals surface area contributed by atoms with E-state index in [9.17, 15) is 0 Å². The van der Waals surface area contributed by atoms with Gasteiger partial charge in [-0.3, -0.25) is 0 Å². The van der Waals surface area contributed by atoms with E-state index in [1.165, 1.54) is 63.2 Å². The van der Waals surface area contributed by atoms with Crippen LogP contribution in [-0.2, 0) is 0 Å². The van der Waals surface area contributed by atoms with Gasteiger partial charge in [-0.25, -0.2) is 0 Å². The summed E-state index contributed by atoms with van der Waals surface area (Å²) < 4.78 is 0. The first-order valence-electron chi connectivity index (χ1n) is 7.86. The standard InChI is InChI=1S/C15H32Br3P/c1-4-7-10-19(18,11-8-5-2,12-9-6-3)14-15(17)13-16/h15H,4-14H2,1-3H3. The minimum atomic E-state index is -1.69. The van der Waals surface area contributed by atoms with Crippen molar-refractivity contribution in [3.8, 4) is 0 Å². The van der Waals surface area contributed by atoms with Gasteiger partial charge in [0.05, 0.1) is 0 Å². The molecule has 0 aromatic carbocycles. The Bertz CT molecular complexity index is 209. The minimum absolute atomic E-state index is 0.620. The fourth-order valence-corrected chi connectivity index (χ4v) is 15.8. The average Bonchev–Trinajstić information content (AvgIpc) is 2.41. The third-order valence-corrected chi connectivity index (χ3v) is 16.5. The van der Waals surface area contributed by atoms with Crippen LogP contribution < -0.4 is 0 Å². The Hall–Kier alpha value is 1.87. The van der Waals surface area contributed by atoms with Gasteiger partial charge in [0.25, 0.3) is 0 Å². The number of rotatable bonds is 12. The van der Waals surface area contributed by atoms with Crippen molar-refractivity contribution in [2.75, 3.05) is 30.0 Å². The van der Waals surface area contributed by atoms with Crippen LogP contribution >= 0.6 is 52.7 Å². The second kappa shape index (κ2) is 10.6. The molecule has 0 rings (SSSR count). The molecule has 1 unspecified atom stereocenters. The van der Waals surface area contributed by atoms with Crippen LogP contribution in [-0.4, -0.2) is 34.8 Å². The molecule has 0 saturated carbocycles. The molecule has 19 heavy (non-hydrogen) atoms. The summed E-state index contributed by atoms with van der Waals surface area (Å²) in [6.45, 7) is 6.97. The van der Waals surface area contributed by atoms with Gasteiger partial charge < -0.3 is 0 Å². The van der Waals surface area contributed by atoms with Crippen molar-refractivity contribution >= 4 is 52.7 Å². The van der Waals surface area contributed by atoms with Crippen LogP contribution in [0.5, 0.6) is 0 Å². The first-order valence-corrected chi connectivity index (χ1v) is 14.9. The molecule has 0 saturated heterocycles. The summed E-state index contributed by atoms with van der Waals surface area (Å²) in [5, 5.41) is -0.621. The summed E-state index contributed by atoms with van der Waals surface area (Å²) in [6.07, 6.45) is 13.8. The molecular formula is C15H32Br3P. The zero-order chi connectivity index (χ0) is 14.8. The summed E-state index contributed by atoms with van der Waals surface area (Å²) in [5.74, 6) is 0. The molecule has 0 N–H and O–H groups in total. The Labute approximate surface area is 146 Å². The van der Waals surface area contributed by atoms with E-state index in [2.05, 4.69) is 68.1 Å². The Kier molecular flexibility index (Phi) is 11.6. The Morgan fingerprint density at radius 3 is 1.47 bits per heavy atom. The first kappa shape index (κ1) is 20.9. The number of alkyl halides is 2. The van der Waals surface area contributed by atoms with E-state index in [-0.39, 0.29) is 0 Å². The van der Waals surface area contributed by atoms with Crippen molar-refractivity contribution in [3.05, 3.63) is 0 Å². The van der Waals surface area contributed by atoms with E-state index in [1.807, 2.05) is 0 Å². The van der Waals surface area contributed by atoms with Crippen molar-refractivity contribution in [2.24, 2.45) is 0 Å². The van der Waals surface area contributed by atoms with Crippen LogP contribution in [0.3, 0.4) is 0 Å².